The Bertz CT molecular complexity index is 1060. The number of anilines is 2. The van der Waals surface area contributed by atoms with Crippen LogP contribution in [0, 0.1) is 5.82 Å². The second-order valence-electron chi connectivity index (χ2n) is 5.36. The first-order valence-corrected chi connectivity index (χ1v) is 8.15. The van der Waals surface area contributed by atoms with Crippen LogP contribution in [-0.2, 0) is 0 Å². The lowest BCUT2D eigenvalue weighted by atomic mass is 10.2. The van der Waals surface area contributed by atoms with Crippen molar-refractivity contribution >= 4 is 39.3 Å². The van der Waals surface area contributed by atoms with Crippen LogP contribution < -0.4 is 10.1 Å². The molecule has 2 aromatic carbocycles. The van der Waals surface area contributed by atoms with Gasteiger partial charge in [-0.3, -0.25) is 0 Å². The number of ether oxygens (including phenoxy) is 1. The second-order valence-corrected chi connectivity index (χ2v) is 6.28. The van der Waals surface area contributed by atoms with Gasteiger partial charge in [-0.2, -0.15) is 4.98 Å². The number of phenolic OH excluding ortho intramolecular Hbond substituents is 2. The van der Waals surface area contributed by atoms with Crippen molar-refractivity contribution < 1.29 is 19.3 Å². The van der Waals surface area contributed by atoms with Crippen molar-refractivity contribution in [3.8, 4) is 23.1 Å². The van der Waals surface area contributed by atoms with E-state index in [0.29, 0.717) is 10.0 Å². The summed E-state index contributed by atoms with van der Waals surface area (Å²) in [6, 6.07) is 7.14. The average molecular weight is 417 g/mol. The van der Waals surface area contributed by atoms with Gasteiger partial charge in [-0.25, -0.2) is 14.4 Å². The first-order chi connectivity index (χ1) is 12.5. The van der Waals surface area contributed by atoms with E-state index in [4.69, 9.17) is 4.74 Å². The van der Waals surface area contributed by atoms with E-state index in [1.165, 1.54) is 30.7 Å². The standard InChI is InChI=1S/C17H10BrFN4O3/c18-9-1-2-11(10(19)4-9)23-16-15-17(22-7-21-16)26-14-5-13(25)12(24)3-8(14)6-20-15/h1-7,24-25H,(H,21,22,23). The van der Waals surface area contributed by atoms with E-state index >= 15 is 0 Å². The number of rotatable bonds is 2. The lowest BCUT2D eigenvalue weighted by molar-refractivity contribution is 0.396. The van der Waals surface area contributed by atoms with Gasteiger partial charge in [-0.05, 0) is 24.3 Å². The fraction of sp³-hybridized carbons (Fsp3) is 0. The van der Waals surface area contributed by atoms with E-state index in [-0.39, 0.29) is 40.3 Å². The zero-order valence-electron chi connectivity index (χ0n) is 12.9. The van der Waals surface area contributed by atoms with Gasteiger partial charge in [-0.15, -0.1) is 0 Å². The van der Waals surface area contributed by atoms with Crippen molar-refractivity contribution in [1.29, 1.82) is 0 Å². The Kier molecular flexibility index (Phi) is 3.92. The van der Waals surface area contributed by atoms with Crippen molar-refractivity contribution in [1.82, 2.24) is 9.97 Å². The lowest BCUT2D eigenvalue weighted by Crippen LogP contribution is -1.99. The van der Waals surface area contributed by atoms with Gasteiger partial charge < -0.3 is 20.3 Å². The van der Waals surface area contributed by atoms with Crippen LogP contribution in [0.1, 0.15) is 5.56 Å². The minimum absolute atomic E-state index is 0.125. The zero-order chi connectivity index (χ0) is 18.3. The SMILES string of the molecule is Oc1cc2c(cc1O)Oc1ncnc(Nc3ccc(Br)cc3F)c1N=C2. The van der Waals surface area contributed by atoms with Crippen LogP contribution in [0.3, 0.4) is 0 Å². The molecule has 0 fully saturated rings. The largest absolute Gasteiger partial charge is 0.504 e. The van der Waals surface area contributed by atoms with Gasteiger partial charge in [0.05, 0.1) is 5.69 Å². The fourth-order valence-electron chi connectivity index (χ4n) is 2.36. The summed E-state index contributed by atoms with van der Waals surface area (Å²) in [6.45, 7) is 0. The number of fused-ring (bicyclic) bond motifs is 2. The molecule has 1 aliphatic rings. The van der Waals surface area contributed by atoms with Gasteiger partial charge in [0.2, 0.25) is 0 Å². The average Bonchev–Trinajstić information content (AvgIpc) is 2.77. The van der Waals surface area contributed by atoms with E-state index in [2.05, 4.69) is 36.2 Å². The normalized spacial score (nSPS) is 11.9. The maximum Gasteiger partial charge on any atom is 0.250 e. The predicted octanol–water partition coefficient (Wildman–Crippen LogP) is 4.39. The number of aromatic hydroxyl groups is 2. The fourth-order valence-corrected chi connectivity index (χ4v) is 2.70. The van der Waals surface area contributed by atoms with Crippen LogP contribution in [0.15, 0.2) is 46.1 Å². The quantitative estimate of drug-likeness (QED) is 0.419. The molecule has 0 bridgehead atoms. The van der Waals surface area contributed by atoms with Crippen molar-refractivity contribution in [2.75, 3.05) is 5.32 Å². The third kappa shape index (κ3) is 2.93. The molecule has 1 aliphatic heterocycles. The molecule has 0 amide bonds. The highest BCUT2D eigenvalue weighted by Gasteiger charge is 2.20. The number of nitrogens with zero attached hydrogens (tertiary/aromatic N) is 3. The van der Waals surface area contributed by atoms with Crippen LogP contribution in [0.25, 0.3) is 0 Å². The van der Waals surface area contributed by atoms with E-state index < -0.39 is 5.82 Å². The molecule has 0 aliphatic carbocycles. The number of benzene rings is 2. The summed E-state index contributed by atoms with van der Waals surface area (Å²) in [4.78, 5) is 12.4. The molecular formula is C17H10BrFN4O3. The summed E-state index contributed by atoms with van der Waals surface area (Å²) < 4.78 is 20.4. The predicted molar refractivity (Wildman–Crippen MR) is 96.5 cm³/mol. The van der Waals surface area contributed by atoms with E-state index in [1.54, 1.807) is 12.1 Å². The molecule has 3 aromatic rings. The highest BCUT2D eigenvalue weighted by atomic mass is 79.9. The molecule has 0 saturated heterocycles. The molecule has 26 heavy (non-hydrogen) atoms. The summed E-state index contributed by atoms with van der Waals surface area (Å²) in [5.74, 6) is -0.462. The summed E-state index contributed by atoms with van der Waals surface area (Å²) >= 11 is 3.20. The van der Waals surface area contributed by atoms with Crippen LogP contribution in [0.2, 0.25) is 0 Å². The molecular weight excluding hydrogens is 407 g/mol. The Morgan fingerprint density at radius 2 is 1.88 bits per heavy atom. The number of aliphatic imine (C=N–C) groups is 1. The van der Waals surface area contributed by atoms with Gasteiger partial charge >= 0.3 is 0 Å². The molecule has 0 radical (unpaired) electrons. The van der Waals surface area contributed by atoms with Crippen molar-refractivity contribution in [3.05, 3.63) is 52.5 Å². The summed E-state index contributed by atoms with van der Waals surface area (Å²) in [7, 11) is 0. The number of hydrogen-bond donors (Lipinski definition) is 3. The van der Waals surface area contributed by atoms with Crippen LogP contribution in [-0.4, -0.2) is 26.4 Å². The molecule has 0 atom stereocenters. The Labute approximate surface area is 155 Å². The van der Waals surface area contributed by atoms with Gasteiger partial charge in [0.25, 0.3) is 5.88 Å². The third-order valence-electron chi connectivity index (χ3n) is 3.62. The molecule has 0 spiro atoms. The van der Waals surface area contributed by atoms with Gasteiger partial charge in [0.15, 0.2) is 23.0 Å². The van der Waals surface area contributed by atoms with Crippen LogP contribution >= 0.6 is 15.9 Å². The Morgan fingerprint density at radius 3 is 2.69 bits per heavy atom. The van der Waals surface area contributed by atoms with Crippen molar-refractivity contribution in [2.24, 2.45) is 4.99 Å². The highest BCUT2D eigenvalue weighted by Crippen LogP contribution is 2.42. The third-order valence-corrected chi connectivity index (χ3v) is 4.11. The Morgan fingerprint density at radius 1 is 1.08 bits per heavy atom. The topological polar surface area (TPSA) is 99.9 Å². The first kappa shape index (κ1) is 16.3. The lowest BCUT2D eigenvalue weighted by Gasteiger charge is -2.11. The van der Waals surface area contributed by atoms with Crippen LogP contribution in [0.4, 0.5) is 21.6 Å². The summed E-state index contributed by atoms with van der Waals surface area (Å²) in [5.41, 5.74) is 0.908. The zero-order valence-corrected chi connectivity index (χ0v) is 14.5. The molecule has 1 aromatic heterocycles. The number of halogens is 2. The van der Waals surface area contributed by atoms with Crippen molar-refractivity contribution in [3.63, 3.8) is 0 Å². The number of phenols is 2. The minimum atomic E-state index is -0.469. The number of aromatic nitrogens is 2. The Hall–Kier alpha value is -3.20. The molecule has 3 N–H and O–H groups in total. The monoisotopic (exact) mass is 416 g/mol. The van der Waals surface area contributed by atoms with Gasteiger partial charge in [-0.1, -0.05) is 15.9 Å². The maximum atomic E-state index is 14.1. The highest BCUT2D eigenvalue weighted by molar-refractivity contribution is 9.10. The number of nitrogens with one attached hydrogen (secondary N) is 1. The second kappa shape index (κ2) is 6.26. The van der Waals surface area contributed by atoms with E-state index in [0.717, 1.165) is 0 Å². The first-order valence-electron chi connectivity index (χ1n) is 7.36. The Balaban J connectivity index is 1.76. The van der Waals surface area contributed by atoms with Crippen molar-refractivity contribution in [2.45, 2.75) is 0 Å². The smallest absolute Gasteiger partial charge is 0.250 e. The molecule has 4 rings (SSSR count). The summed E-state index contributed by atoms with van der Waals surface area (Å²) in [5, 5.41) is 22.2. The molecule has 0 saturated carbocycles. The van der Waals surface area contributed by atoms with Gasteiger partial charge in [0.1, 0.15) is 17.9 Å². The van der Waals surface area contributed by atoms with Gasteiger partial charge in [0, 0.05) is 22.3 Å². The molecule has 2 heterocycles. The molecule has 9 heteroatoms. The van der Waals surface area contributed by atoms with E-state index in [1.807, 2.05) is 0 Å². The molecule has 130 valence electrons. The molecule has 7 nitrogen and oxygen atoms in total. The summed E-state index contributed by atoms with van der Waals surface area (Å²) in [6.07, 6.45) is 2.69. The number of hydrogen-bond acceptors (Lipinski definition) is 7. The van der Waals surface area contributed by atoms with Crippen LogP contribution in [0.5, 0.6) is 23.1 Å². The maximum absolute atomic E-state index is 14.1. The molecule has 0 unspecified atom stereocenters. The minimum Gasteiger partial charge on any atom is -0.504 e. The van der Waals surface area contributed by atoms with E-state index in [9.17, 15) is 14.6 Å².